The maximum atomic E-state index is 3.81. The van der Waals surface area contributed by atoms with Crippen LogP contribution < -0.4 is 5.32 Å². The van der Waals surface area contributed by atoms with Crippen LogP contribution in [0.25, 0.3) is 0 Å². The number of hydrogen-bond donors (Lipinski definition) is 1. The molecular formula is C13H26N2S. The Bertz CT molecular complexity index is 206. The molecule has 0 aliphatic carbocycles. The molecule has 2 nitrogen and oxygen atoms in total. The van der Waals surface area contributed by atoms with Crippen LogP contribution in [0.3, 0.4) is 0 Å². The molecule has 2 aliphatic heterocycles. The molecule has 16 heavy (non-hydrogen) atoms. The Balaban J connectivity index is 1.71. The van der Waals surface area contributed by atoms with Crippen molar-refractivity contribution >= 4 is 11.8 Å². The summed E-state index contributed by atoms with van der Waals surface area (Å²) < 4.78 is 0. The Hall–Kier alpha value is 0.270. The van der Waals surface area contributed by atoms with Gasteiger partial charge < -0.3 is 10.2 Å². The molecule has 2 heterocycles. The SMILES string of the molecule is CN1CCC(C)(CNC2CCSCC2)CC1. The number of hydrogen-bond acceptors (Lipinski definition) is 3. The van der Waals surface area contributed by atoms with Crippen LogP contribution in [0, 0.1) is 5.41 Å². The van der Waals surface area contributed by atoms with Crippen molar-refractivity contribution in [1.29, 1.82) is 0 Å². The van der Waals surface area contributed by atoms with Crippen LogP contribution >= 0.6 is 11.8 Å². The number of rotatable bonds is 3. The van der Waals surface area contributed by atoms with E-state index in [9.17, 15) is 0 Å². The van der Waals surface area contributed by atoms with Gasteiger partial charge in [0.05, 0.1) is 0 Å². The number of nitrogens with one attached hydrogen (secondary N) is 1. The minimum atomic E-state index is 0.553. The fraction of sp³-hybridized carbons (Fsp3) is 1.00. The third-order valence-electron chi connectivity index (χ3n) is 4.23. The van der Waals surface area contributed by atoms with Gasteiger partial charge in [0.2, 0.25) is 0 Å². The first-order chi connectivity index (χ1) is 7.68. The summed E-state index contributed by atoms with van der Waals surface area (Å²) in [6, 6.07) is 0.803. The van der Waals surface area contributed by atoms with Crippen LogP contribution in [-0.2, 0) is 0 Å². The third kappa shape index (κ3) is 3.64. The summed E-state index contributed by atoms with van der Waals surface area (Å²) in [6.45, 7) is 6.25. The molecule has 0 amide bonds. The zero-order valence-electron chi connectivity index (χ0n) is 10.8. The number of likely N-dealkylation sites (tertiary alicyclic amines) is 1. The summed E-state index contributed by atoms with van der Waals surface area (Å²) >= 11 is 2.11. The molecule has 2 saturated heterocycles. The Kier molecular flexibility index (Phi) is 4.57. The average molecular weight is 242 g/mol. The second-order valence-corrected chi connectivity index (χ2v) is 7.11. The van der Waals surface area contributed by atoms with Gasteiger partial charge in [-0.2, -0.15) is 11.8 Å². The molecule has 2 aliphatic rings. The van der Waals surface area contributed by atoms with Gasteiger partial charge in [-0.05, 0) is 62.7 Å². The van der Waals surface area contributed by atoms with Crippen molar-refractivity contribution in [1.82, 2.24) is 10.2 Å². The van der Waals surface area contributed by atoms with Gasteiger partial charge in [-0.1, -0.05) is 6.92 Å². The van der Waals surface area contributed by atoms with E-state index in [1.165, 1.54) is 56.8 Å². The molecule has 1 N–H and O–H groups in total. The van der Waals surface area contributed by atoms with Crippen LogP contribution in [-0.4, -0.2) is 49.1 Å². The molecule has 0 atom stereocenters. The van der Waals surface area contributed by atoms with Crippen LogP contribution in [0.15, 0.2) is 0 Å². The van der Waals surface area contributed by atoms with Gasteiger partial charge in [-0.15, -0.1) is 0 Å². The largest absolute Gasteiger partial charge is 0.313 e. The summed E-state index contributed by atoms with van der Waals surface area (Å²) in [6.07, 6.45) is 5.47. The van der Waals surface area contributed by atoms with Gasteiger partial charge in [0.25, 0.3) is 0 Å². The smallest absolute Gasteiger partial charge is 0.00830 e. The molecule has 0 aromatic carbocycles. The molecule has 0 spiro atoms. The normalized spacial score (nSPS) is 28.1. The molecule has 0 aromatic rings. The third-order valence-corrected chi connectivity index (χ3v) is 5.28. The van der Waals surface area contributed by atoms with Gasteiger partial charge >= 0.3 is 0 Å². The number of nitrogens with zero attached hydrogens (tertiary/aromatic N) is 1. The molecular weight excluding hydrogens is 216 g/mol. The van der Waals surface area contributed by atoms with Gasteiger partial charge in [0, 0.05) is 12.6 Å². The number of thioether (sulfide) groups is 1. The lowest BCUT2D eigenvalue weighted by atomic mass is 9.80. The maximum absolute atomic E-state index is 3.81. The number of piperidine rings is 1. The van der Waals surface area contributed by atoms with Gasteiger partial charge in [0.15, 0.2) is 0 Å². The Morgan fingerprint density at radius 2 is 1.88 bits per heavy atom. The minimum absolute atomic E-state index is 0.553. The average Bonchev–Trinajstić information content (AvgIpc) is 2.33. The lowest BCUT2D eigenvalue weighted by Crippen LogP contribution is -2.45. The quantitative estimate of drug-likeness (QED) is 0.817. The monoisotopic (exact) mass is 242 g/mol. The molecule has 2 rings (SSSR count). The van der Waals surface area contributed by atoms with Crippen LogP contribution in [0.5, 0.6) is 0 Å². The molecule has 0 saturated carbocycles. The fourth-order valence-corrected chi connectivity index (χ4v) is 3.73. The highest BCUT2D eigenvalue weighted by molar-refractivity contribution is 7.99. The van der Waals surface area contributed by atoms with Crippen molar-refractivity contribution in [2.75, 3.05) is 38.2 Å². The standard InChI is InChI=1S/C13H26N2S/c1-13(5-7-15(2)8-6-13)11-14-12-3-9-16-10-4-12/h12,14H,3-11H2,1-2H3. The molecule has 0 unspecified atom stereocenters. The molecule has 0 radical (unpaired) electrons. The predicted molar refractivity (Wildman–Crippen MR) is 73.2 cm³/mol. The van der Waals surface area contributed by atoms with E-state index in [0.29, 0.717) is 5.41 Å². The highest BCUT2D eigenvalue weighted by atomic mass is 32.2. The highest BCUT2D eigenvalue weighted by Gasteiger charge is 2.29. The van der Waals surface area contributed by atoms with E-state index in [0.717, 1.165) is 6.04 Å². The van der Waals surface area contributed by atoms with E-state index in [1.54, 1.807) is 0 Å². The second kappa shape index (κ2) is 5.74. The van der Waals surface area contributed by atoms with Crippen LogP contribution in [0.4, 0.5) is 0 Å². The van der Waals surface area contributed by atoms with Crippen molar-refractivity contribution in [2.24, 2.45) is 5.41 Å². The summed E-state index contributed by atoms with van der Waals surface area (Å²) in [7, 11) is 2.24. The second-order valence-electron chi connectivity index (χ2n) is 5.88. The van der Waals surface area contributed by atoms with Crippen molar-refractivity contribution in [3.05, 3.63) is 0 Å². The first kappa shape index (κ1) is 12.7. The summed E-state index contributed by atoms with van der Waals surface area (Å²) in [5, 5.41) is 3.81. The Labute approximate surface area is 105 Å². The highest BCUT2D eigenvalue weighted by Crippen LogP contribution is 2.30. The van der Waals surface area contributed by atoms with Crippen molar-refractivity contribution in [3.63, 3.8) is 0 Å². The van der Waals surface area contributed by atoms with E-state index in [2.05, 4.69) is 35.9 Å². The van der Waals surface area contributed by atoms with Crippen LogP contribution in [0.2, 0.25) is 0 Å². The zero-order chi connectivity index (χ0) is 11.4. The predicted octanol–water partition coefficient (Wildman–Crippen LogP) is 2.20. The van der Waals surface area contributed by atoms with Gasteiger partial charge in [-0.25, -0.2) is 0 Å². The molecule has 0 bridgehead atoms. The van der Waals surface area contributed by atoms with E-state index < -0.39 is 0 Å². The van der Waals surface area contributed by atoms with Crippen molar-refractivity contribution in [3.8, 4) is 0 Å². The van der Waals surface area contributed by atoms with E-state index >= 15 is 0 Å². The van der Waals surface area contributed by atoms with Gasteiger partial charge in [-0.3, -0.25) is 0 Å². The zero-order valence-corrected chi connectivity index (χ0v) is 11.6. The lowest BCUT2D eigenvalue weighted by Gasteiger charge is -2.39. The summed E-state index contributed by atoms with van der Waals surface area (Å²) in [5.41, 5.74) is 0.553. The van der Waals surface area contributed by atoms with Crippen molar-refractivity contribution < 1.29 is 0 Å². The minimum Gasteiger partial charge on any atom is -0.313 e. The molecule has 0 aromatic heterocycles. The molecule has 94 valence electrons. The topological polar surface area (TPSA) is 15.3 Å². The van der Waals surface area contributed by atoms with E-state index in [1.807, 2.05) is 0 Å². The summed E-state index contributed by atoms with van der Waals surface area (Å²) in [4.78, 5) is 2.46. The van der Waals surface area contributed by atoms with Crippen molar-refractivity contribution in [2.45, 2.75) is 38.6 Å². The van der Waals surface area contributed by atoms with Crippen LogP contribution in [0.1, 0.15) is 32.6 Å². The summed E-state index contributed by atoms with van der Waals surface area (Å²) in [5.74, 6) is 2.72. The van der Waals surface area contributed by atoms with E-state index in [-0.39, 0.29) is 0 Å². The maximum Gasteiger partial charge on any atom is 0.00830 e. The fourth-order valence-electron chi connectivity index (χ4n) is 2.63. The first-order valence-corrected chi connectivity index (χ1v) is 7.83. The molecule has 3 heteroatoms. The Morgan fingerprint density at radius 3 is 2.50 bits per heavy atom. The molecule has 2 fully saturated rings. The van der Waals surface area contributed by atoms with E-state index in [4.69, 9.17) is 0 Å². The first-order valence-electron chi connectivity index (χ1n) is 6.68. The lowest BCUT2D eigenvalue weighted by molar-refractivity contribution is 0.133. The Morgan fingerprint density at radius 1 is 1.25 bits per heavy atom. The van der Waals surface area contributed by atoms with Gasteiger partial charge in [0.1, 0.15) is 0 Å².